The van der Waals surface area contributed by atoms with Gasteiger partial charge in [0.25, 0.3) is 0 Å². The number of oxazole rings is 1. The molecule has 0 spiro atoms. The summed E-state index contributed by atoms with van der Waals surface area (Å²) in [5, 5.41) is 0. The van der Waals surface area contributed by atoms with Crippen LogP contribution in [0.15, 0.2) is 34.7 Å². The molecule has 0 amide bonds. The topological polar surface area (TPSA) is 52.0 Å². The Morgan fingerprint density at radius 3 is 2.42 bits per heavy atom. The molecular weight excluding hydrogens is 236 g/mol. The van der Waals surface area contributed by atoms with E-state index < -0.39 is 0 Å². The molecule has 0 aliphatic carbocycles. The van der Waals surface area contributed by atoms with Gasteiger partial charge in [0.2, 0.25) is 5.89 Å². The molecule has 0 fully saturated rings. The molecule has 19 heavy (non-hydrogen) atoms. The van der Waals surface area contributed by atoms with Gasteiger partial charge in [-0.2, -0.15) is 0 Å². The number of nitrogen functional groups attached to an aromatic ring is 1. The maximum absolute atomic E-state index is 5.97. The van der Waals surface area contributed by atoms with Crippen LogP contribution in [0.1, 0.15) is 16.7 Å². The normalized spacial score (nSPS) is 11.1. The van der Waals surface area contributed by atoms with Crippen molar-refractivity contribution in [2.45, 2.75) is 20.8 Å². The van der Waals surface area contributed by atoms with E-state index in [4.69, 9.17) is 10.2 Å². The quantitative estimate of drug-likeness (QED) is 0.666. The van der Waals surface area contributed by atoms with Gasteiger partial charge in [-0.15, -0.1) is 0 Å². The average molecular weight is 252 g/mol. The molecule has 3 nitrogen and oxygen atoms in total. The Balaban J connectivity index is 2.24. The predicted octanol–water partition coefficient (Wildman–Crippen LogP) is 4.00. The highest BCUT2D eigenvalue weighted by atomic mass is 16.3. The number of hydrogen-bond acceptors (Lipinski definition) is 3. The van der Waals surface area contributed by atoms with Crippen molar-refractivity contribution in [2.24, 2.45) is 0 Å². The molecule has 1 aromatic heterocycles. The summed E-state index contributed by atoms with van der Waals surface area (Å²) in [5.41, 5.74) is 12.6. The molecule has 0 atom stereocenters. The summed E-state index contributed by atoms with van der Waals surface area (Å²) in [6.07, 6.45) is 0. The first-order chi connectivity index (χ1) is 9.06. The Hall–Kier alpha value is -2.29. The Morgan fingerprint density at radius 1 is 1.05 bits per heavy atom. The van der Waals surface area contributed by atoms with E-state index in [1.54, 1.807) is 0 Å². The predicted molar refractivity (Wildman–Crippen MR) is 78.1 cm³/mol. The number of anilines is 1. The lowest BCUT2D eigenvalue weighted by Crippen LogP contribution is -1.91. The van der Waals surface area contributed by atoms with Crippen molar-refractivity contribution in [2.75, 3.05) is 5.73 Å². The van der Waals surface area contributed by atoms with Crippen molar-refractivity contribution >= 4 is 16.8 Å². The molecule has 0 saturated carbocycles. The first-order valence-corrected chi connectivity index (χ1v) is 6.29. The van der Waals surface area contributed by atoms with Crippen LogP contribution in [0.25, 0.3) is 22.6 Å². The fourth-order valence-electron chi connectivity index (χ4n) is 2.20. The van der Waals surface area contributed by atoms with Crippen molar-refractivity contribution in [3.63, 3.8) is 0 Å². The van der Waals surface area contributed by atoms with Gasteiger partial charge in [0.15, 0.2) is 5.58 Å². The lowest BCUT2D eigenvalue weighted by atomic mass is 10.1. The van der Waals surface area contributed by atoms with Crippen LogP contribution in [0.5, 0.6) is 0 Å². The number of fused-ring (bicyclic) bond motifs is 1. The molecule has 96 valence electrons. The van der Waals surface area contributed by atoms with Gasteiger partial charge < -0.3 is 10.2 Å². The Kier molecular flexibility index (Phi) is 2.56. The van der Waals surface area contributed by atoms with Crippen LogP contribution in [0, 0.1) is 20.8 Å². The molecule has 0 aliphatic rings. The van der Waals surface area contributed by atoms with Crippen LogP contribution >= 0.6 is 0 Å². The second-order valence-corrected chi connectivity index (χ2v) is 4.97. The number of benzene rings is 2. The number of aromatic nitrogens is 1. The van der Waals surface area contributed by atoms with Crippen molar-refractivity contribution < 1.29 is 4.42 Å². The van der Waals surface area contributed by atoms with E-state index in [0.29, 0.717) is 5.89 Å². The van der Waals surface area contributed by atoms with E-state index in [9.17, 15) is 0 Å². The molecule has 0 saturated heterocycles. The summed E-state index contributed by atoms with van der Waals surface area (Å²) in [7, 11) is 0. The van der Waals surface area contributed by atoms with Crippen molar-refractivity contribution in [1.29, 1.82) is 0 Å². The van der Waals surface area contributed by atoms with E-state index in [1.165, 1.54) is 5.56 Å². The van der Waals surface area contributed by atoms with Gasteiger partial charge in [0.05, 0.1) is 0 Å². The van der Waals surface area contributed by atoms with Crippen LogP contribution in [0.2, 0.25) is 0 Å². The van der Waals surface area contributed by atoms with Gasteiger partial charge in [-0.1, -0.05) is 17.7 Å². The number of nitrogens with two attached hydrogens (primary N) is 1. The number of hydrogen-bond donors (Lipinski definition) is 1. The van der Waals surface area contributed by atoms with Gasteiger partial charge >= 0.3 is 0 Å². The molecule has 0 radical (unpaired) electrons. The smallest absolute Gasteiger partial charge is 0.227 e. The van der Waals surface area contributed by atoms with Gasteiger partial charge in [0.1, 0.15) is 5.52 Å². The Labute approximate surface area is 112 Å². The van der Waals surface area contributed by atoms with Crippen molar-refractivity contribution in [3.8, 4) is 11.5 Å². The molecule has 2 aromatic carbocycles. The van der Waals surface area contributed by atoms with Crippen LogP contribution in [-0.2, 0) is 0 Å². The zero-order valence-electron chi connectivity index (χ0n) is 11.3. The fourth-order valence-corrected chi connectivity index (χ4v) is 2.20. The lowest BCUT2D eigenvalue weighted by Gasteiger charge is -2.01. The molecule has 3 rings (SSSR count). The second kappa shape index (κ2) is 4.12. The minimum Gasteiger partial charge on any atom is -0.436 e. The third-order valence-electron chi connectivity index (χ3n) is 3.44. The average Bonchev–Trinajstić information content (AvgIpc) is 2.83. The molecule has 0 aliphatic heterocycles. The number of rotatable bonds is 1. The highest BCUT2D eigenvalue weighted by molar-refractivity contribution is 5.86. The maximum atomic E-state index is 5.97. The monoisotopic (exact) mass is 252 g/mol. The van der Waals surface area contributed by atoms with Gasteiger partial charge in [0, 0.05) is 16.8 Å². The number of nitrogens with zero attached hydrogens (tertiary/aromatic N) is 1. The highest BCUT2D eigenvalue weighted by Gasteiger charge is 2.13. The summed E-state index contributed by atoms with van der Waals surface area (Å²) >= 11 is 0. The van der Waals surface area contributed by atoms with E-state index >= 15 is 0 Å². The number of aryl methyl sites for hydroxylation is 3. The van der Waals surface area contributed by atoms with E-state index in [2.05, 4.69) is 24.0 Å². The molecule has 0 bridgehead atoms. The van der Waals surface area contributed by atoms with Crippen molar-refractivity contribution in [3.05, 3.63) is 47.0 Å². The molecule has 0 unspecified atom stereocenters. The summed E-state index contributed by atoms with van der Waals surface area (Å²) in [6, 6.07) is 10.1. The molecule has 2 N–H and O–H groups in total. The standard InChI is InChI=1S/C16H16N2O/c1-9-4-6-12(7-5-9)16-18-14-11(3)13(17)8-10(2)15(14)19-16/h4-8H,17H2,1-3H3. The summed E-state index contributed by atoms with van der Waals surface area (Å²) < 4.78 is 5.89. The zero-order chi connectivity index (χ0) is 13.6. The van der Waals surface area contributed by atoms with E-state index in [0.717, 1.165) is 33.5 Å². The van der Waals surface area contributed by atoms with Gasteiger partial charge in [-0.25, -0.2) is 4.98 Å². The van der Waals surface area contributed by atoms with Crippen molar-refractivity contribution in [1.82, 2.24) is 4.98 Å². The van der Waals surface area contributed by atoms with Gasteiger partial charge in [-0.3, -0.25) is 0 Å². The zero-order valence-corrected chi connectivity index (χ0v) is 11.3. The third-order valence-corrected chi connectivity index (χ3v) is 3.44. The van der Waals surface area contributed by atoms with Crippen LogP contribution in [0.4, 0.5) is 5.69 Å². The molecule has 1 heterocycles. The fraction of sp³-hybridized carbons (Fsp3) is 0.188. The SMILES string of the molecule is Cc1ccc(-c2nc3c(C)c(N)cc(C)c3o2)cc1. The Bertz CT molecular complexity index is 755. The largest absolute Gasteiger partial charge is 0.436 e. The highest BCUT2D eigenvalue weighted by Crippen LogP contribution is 2.31. The maximum Gasteiger partial charge on any atom is 0.227 e. The van der Waals surface area contributed by atoms with Crippen LogP contribution in [-0.4, -0.2) is 4.98 Å². The summed E-state index contributed by atoms with van der Waals surface area (Å²) in [5.74, 6) is 0.645. The first kappa shape index (κ1) is 11.8. The summed E-state index contributed by atoms with van der Waals surface area (Å²) in [6.45, 7) is 6.02. The molecule has 3 heteroatoms. The minimum absolute atomic E-state index is 0.645. The molecular formula is C16H16N2O. The van der Waals surface area contributed by atoms with Crippen LogP contribution in [0.3, 0.4) is 0 Å². The minimum atomic E-state index is 0.645. The van der Waals surface area contributed by atoms with E-state index in [1.807, 2.05) is 32.0 Å². The second-order valence-electron chi connectivity index (χ2n) is 4.97. The molecule has 3 aromatic rings. The first-order valence-electron chi connectivity index (χ1n) is 6.29. The summed E-state index contributed by atoms with van der Waals surface area (Å²) in [4.78, 5) is 4.59. The van der Waals surface area contributed by atoms with Crippen LogP contribution < -0.4 is 5.73 Å². The lowest BCUT2D eigenvalue weighted by molar-refractivity contribution is 0.617. The third kappa shape index (κ3) is 1.87. The van der Waals surface area contributed by atoms with E-state index in [-0.39, 0.29) is 0 Å². The Morgan fingerprint density at radius 2 is 1.74 bits per heavy atom. The van der Waals surface area contributed by atoms with Gasteiger partial charge in [-0.05, 0) is 44.5 Å².